The van der Waals surface area contributed by atoms with E-state index in [0.29, 0.717) is 38.8 Å². The largest absolute Gasteiger partial charge is 0.469 e. The summed E-state index contributed by atoms with van der Waals surface area (Å²) in [5, 5.41) is 12.1. The number of thioether (sulfide) groups is 1. The van der Waals surface area contributed by atoms with Gasteiger partial charge in [-0.15, -0.1) is 0 Å². The quantitative estimate of drug-likeness (QED) is 0.373. The van der Waals surface area contributed by atoms with Gasteiger partial charge < -0.3 is 20.3 Å². The number of hydrogen-bond acceptors (Lipinski definition) is 5. The lowest BCUT2D eigenvalue weighted by molar-refractivity contribution is -0.132. The Morgan fingerprint density at radius 2 is 2.29 bits per heavy atom. The number of likely N-dealkylation sites (tertiary alicyclic amines) is 1. The zero-order valence-corrected chi connectivity index (χ0v) is 12.9. The van der Waals surface area contributed by atoms with E-state index in [2.05, 4.69) is 5.16 Å². The molecule has 0 bridgehead atoms. The lowest BCUT2D eigenvalue weighted by atomic mass is 9.94. The fourth-order valence-electron chi connectivity index (χ4n) is 2.62. The summed E-state index contributed by atoms with van der Waals surface area (Å²) >= 11 is 1.58. The molecule has 1 saturated heterocycles. The molecule has 1 amide bonds. The fraction of sp³-hybridized carbons (Fsp3) is 0.571. The van der Waals surface area contributed by atoms with Gasteiger partial charge in [0.05, 0.1) is 11.0 Å². The number of furan rings is 1. The average Bonchev–Trinajstić information content (AvgIpc) is 3.05. The number of aryl methyl sites for hydroxylation is 1. The Balaban J connectivity index is 1.86. The summed E-state index contributed by atoms with van der Waals surface area (Å²) in [6.07, 6.45) is 6.05. The average molecular weight is 311 g/mol. The molecule has 0 aliphatic carbocycles. The number of rotatable bonds is 5. The molecule has 0 radical (unpaired) electrons. The van der Waals surface area contributed by atoms with Gasteiger partial charge in [-0.2, -0.15) is 11.8 Å². The summed E-state index contributed by atoms with van der Waals surface area (Å²) < 4.78 is 4.88. The lowest BCUT2D eigenvalue weighted by Gasteiger charge is -2.39. The van der Waals surface area contributed by atoms with Gasteiger partial charge in [0.1, 0.15) is 5.76 Å². The Morgan fingerprint density at radius 1 is 1.57 bits per heavy atom. The third-order valence-electron chi connectivity index (χ3n) is 4.05. The van der Waals surface area contributed by atoms with Crippen LogP contribution in [0.5, 0.6) is 0 Å². The highest BCUT2D eigenvalue weighted by Gasteiger charge is 2.39. The van der Waals surface area contributed by atoms with Crippen LogP contribution in [0.4, 0.5) is 0 Å². The molecule has 6 nitrogen and oxygen atoms in total. The van der Waals surface area contributed by atoms with Crippen LogP contribution >= 0.6 is 11.8 Å². The van der Waals surface area contributed by atoms with Gasteiger partial charge in [0.25, 0.3) is 0 Å². The van der Waals surface area contributed by atoms with Crippen molar-refractivity contribution >= 4 is 23.5 Å². The second kappa shape index (κ2) is 6.89. The smallest absolute Gasteiger partial charge is 0.223 e. The number of oxime groups is 1. The first-order valence-electron chi connectivity index (χ1n) is 6.94. The van der Waals surface area contributed by atoms with Gasteiger partial charge in [0.15, 0.2) is 5.84 Å². The van der Waals surface area contributed by atoms with Crippen LogP contribution in [0, 0.1) is 0 Å². The Labute approximate surface area is 128 Å². The molecular weight excluding hydrogens is 290 g/mol. The van der Waals surface area contributed by atoms with Crippen LogP contribution in [-0.2, 0) is 11.2 Å². The van der Waals surface area contributed by atoms with Crippen LogP contribution in [0.1, 0.15) is 25.0 Å². The van der Waals surface area contributed by atoms with Gasteiger partial charge in [0.2, 0.25) is 5.91 Å². The van der Waals surface area contributed by atoms with Crippen molar-refractivity contribution in [3.05, 3.63) is 24.2 Å². The normalized spacial score (nSPS) is 18.7. The monoisotopic (exact) mass is 311 g/mol. The fourth-order valence-corrected chi connectivity index (χ4v) is 3.46. The van der Waals surface area contributed by atoms with Crippen LogP contribution in [0.2, 0.25) is 0 Å². The molecule has 0 unspecified atom stereocenters. The summed E-state index contributed by atoms with van der Waals surface area (Å²) in [5.74, 6) is 1.20. The van der Waals surface area contributed by atoms with Crippen molar-refractivity contribution in [1.29, 1.82) is 0 Å². The van der Waals surface area contributed by atoms with E-state index in [9.17, 15) is 4.79 Å². The van der Waals surface area contributed by atoms with Crippen molar-refractivity contribution in [2.45, 2.75) is 30.4 Å². The molecule has 1 aromatic rings. The maximum Gasteiger partial charge on any atom is 0.223 e. The van der Waals surface area contributed by atoms with Gasteiger partial charge in [-0.1, -0.05) is 5.16 Å². The van der Waals surface area contributed by atoms with E-state index in [1.807, 2.05) is 23.3 Å². The standard InChI is InChI=1S/C14H21N3O3S/c1-21-14(13(15)16-19)6-8-17(9-7-14)12(18)5-4-11-3-2-10-20-11/h2-3,10,19H,4-9H2,1H3,(H2,15,16). The zero-order valence-electron chi connectivity index (χ0n) is 12.1. The van der Waals surface area contributed by atoms with E-state index in [1.54, 1.807) is 18.0 Å². The first-order valence-corrected chi connectivity index (χ1v) is 8.17. The van der Waals surface area contributed by atoms with E-state index >= 15 is 0 Å². The highest BCUT2D eigenvalue weighted by Crippen LogP contribution is 2.35. The van der Waals surface area contributed by atoms with Gasteiger partial charge >= 0.3 is 0 Å². The molecule has 7 heteroatoms. The minimum absolute atomic E-state index is 0.126. The Bertz CT molecular complexity index is 494. The molecule has 116 valence electrons. The summed E-state index contributed by atoms with van der Waals surface area (Å²) in [4.78, 5) is 14.0. The van der Waals surface area contributed by atoms with E-state index in [0.717, 1.165) is 5.76 Å². The van der Waals surface area contributed by atoms with Crippen LogP contribution in [0.15, 0.2) is 28.0 Å². The maximum atomic E-state index is 12.2. The van der Waals surface area contributed by atoms with Gasteiger partial charge in [-0.25, -0.2) is 0 Å². The van der Waals surface area contributed by atoms with Crippen molar-refractivity contribution < 1.29 is 14.4 Å². The van der Waals surface area contributed by atoms with Gasteiger partial charge in [-0.3, -0.25) is 4.79 Å². The highest BCUT2D eigenvalue weighted by atomic mass is 32.2. The van der Waals surface area contributed by atoms with Gasteiger partial charge in [-0.05, 0) is 31.2 Å². The van der Waals surface area contributed by atoms with Crippen molar-refractivity contribution in [1.82, 2.24) is 4.90 Å². The third-order valence-corrected chi connectivity index (χ3v) is 5.45. The van der Waals surface area contributed by atoms with Crippen molar-refractivity contribution in [2.75, 3.05) is 19.3 Å². The molecule has 21 heavy (non-hydrogen) atoms. The number of amides is 1. The minimum atomic E-state index is -0.355. The number of nitrogens with zero attached hydrogens (tertiary/aromatic N) is 2. The maximum absolute atomic E-state index is 12.2. The molecule has 0 atom stereocenters. The molecule has 2 heterocycles. The first kappa shape index (κ1) is 15.8. The second-order valence-electron chi connectivity index (χ2n) is 5.14. The number of piperidine rings is 1. The Morgan fingerprint density at radius 3 is 2.81 bits per heavy atom. The van der Waals surface area contributed by atoms with Crippen LogP contribution in [-0.4, -0.2) is 45.9 Å². The highest BCUT2D eigenvalue weighted by molar-refractivity contribution is 8.00. The van der Waals surface area contributed by atoms with E-state index in [1.165, 1.54) is 0 Å². The number of amidine groups is 1. The number of carbonyl (C=O) groups is 1. The van der Waals surface area contributed by atoms with Crippen molar-refractivity contribution in [2.24, 2.45) is 10.9 Å². The Kier molecular flexibility index (Phi) is 5.17. The molecule has 3 N–H and O–H groups in total. The summed E-state index contributed by atoms with van der Waals surface area (Å²) in [6, 6.07) is 3.70. The van der Waals surface area contributed by atoms with E-state index in [-0.39, 0.29) is 16.5 Å². The molecule has 1 fully saturated rings. The number of nitrogens with two attached hydrogens (primary N) is 1. The van der Waals surface area contributed by atoms with Gasteiger partial charge in [0, 0.05) is 25.9 Å². The third kappa shape index (κ3) is 3.53. The second-order valence-corrected chi connectivity index (χ2v) is 6.33. The summed E-state index contributed by atoms with van der Waals surface area (Å²) in [5.41, 5.74) is 5.80. The molecule has 0 spiro atoms. The van der Waals surface area contributed by atoms with Crippen LogP contribution in [0.3, 0.4) is 0 Å². The van der Waals surface area contributed by atoms with E-state index < -0.39 is 0 Å². The molecule has 1 aliphatic heterocycles. The predicted molar refractivity (Wildman–Crippen MR) is 82.5 cm³/mol. The molecule has 1 aromatic heterocycles. The molecule has 0 saturated carbocycles. The van der Waals surface area contributed by atoms with Crippen molar-refractivity contribution in [3.8, 4) is 0 Å². The topological polar surface area (TPSA) is 92.1 Å². The Hall–Kier alpha value is -1.63. The first-order chi connectivity index (χ1) is 10.1. The molecular formula is C14H21N3O3S. The predicted octanol–water partition coefficient (Wildman–Crippen LogP) is 1.68. The summed E-state index contributed by atoms with van der Waals surface area (Å²) in [7, 11) is 0. The van der Waals surface area contributed by atoms with Crippen LogP contribution < -0.4 is 5.73 Å². The van der Waals surface area contributed by atoms with Crippen molar-refractivity contribution in [3.63, 3.8) is 0 Å². The van der Waals surface area contributed by atoms with Crippen LogP contribution in [0.25, 0.3) is 0 Å². The molecule has 2 rings (SSSR count). The summed E-state index contributed by atoms with van der Waals surface area (Å²) in [6.45, 7) is 1.27. The molecule has 1 aliphatic rings. The molecule has 0 aromatic carbocycles. The SMILES string of the molecule is CSC1(C(N)=NO)CCN(C(=O)CCc2ccco2)CC1. The number of carbonyl (C=O) groups excluding carboxylic acids is 1. The lowest BCUT2D eigenvalue weighted by Crippen LogP contribution is -2.51. The van der Waals surface area contributed by atoms with E-state index in [4.69, 9.17) is 15.4 Å². The zero-order chi connectivity index (χ0) is 15.3. The number of hydrogen-bond donors (Lipinski definition) is 2. The minimum Gasteiger partial charge on any atom is -0.469 e.